The van der Waals surface area contributed by atoms with Gasteiger partial charge in [-0.3, -0.25) is 37.3 Å². The number of ether oxygens (including phenoxy) is 4. The third-order valence-electron chi connectivity index (χ3n) is 20.1. The van der Waals surface area contributed by atoms with Crippen molar-refractivity contribution >= 4 is 39.5 Å². The highest BCUT2D eigenvalue weighted by Gasteiger charge is 2.30. The standard InChI is InChI=1S/C86H168O17P2/c1-76(2)62-54-46-38-32-26-20-14-9-11-17-23-29-35-41-50-58-66-83(88)96-72-81(102-85(90)68-60-52-42-36-30-24-18-12-10-15-21-27-33-39-47-55-63-77(3)4)74-100-104(92,93)98-70-80(87)71-99-105(94,95)101-75-82(73-97-84(89)67-59-51-45-44-49-57-65-79(7)8)103-86(91)69-61-53-43-37-31-25-19-13-16-22-28-34-40-48-56-64-78(5)6/h76-82,87H,9-75H2,1-8H3,(H,92,93)(H,94,95)/t80?,81-,82-/m1/s1. The summed E-state index contributed by atoms with van der Waals surface area (Å²) in [7, 11) is -9.93. The summed E-state index contributed by atoms with van der Waals surface area (Å²) in [5, 5.41) is 10.7. The molecule has 0 rings (SSSR count). The molecule has 0 aromatic heterocycles. The maximum atomic E-state index is 13.1. The minimum absolute atomic E-state index is 0.107. The highest BCUT2D eigenvalue weighted by molar-refractivity contribution is 7.47. The van der Waals surface area contributed by atoms with Crippen molar-refractivity contribution < 1.29 is 80.2 Å². The van der Waals surface area contributed by atoms with Gasteiger partial charge in [-0.15, -0.1) is 0 Å². The number of phosphoric acid groups is 2. The number of aliphatic hydroxyl groups is 1. The number of phosphoric ester groups is 2. The first kappa shape index (κ1) is 103. The van der Waals surface area contributed by atoms with Crippen molar-refractivity contribution in [3.8, 4) is 0 Å². The summed E-state index contributed by atoms with van der Waals surface area (Å²) in [5.74, 6) is 0.994. The van der Waals surface area contributed by atoms with Crippen molar-refractivity contribution in [1.29, 1.82) is 0 Å². The van der Waals surface area contributed by atoms with Crippen molar-refractivity contribution in [2.45, 2.75) is 465 Å². The molecule has 0 bridgehead atoms. The van der Waals surface area contributed by atoms with Crippen LogP contribution in [0.15, 0.2) is 0 Å². The van der Waals surface area contributed by atoms with Crippen molar-refractivity contribution in [1.82, 2.24) is 0 Å². The minimum atomic E-state index is -4.97. The Balaban J connectivity index is 5.22. The number of carbonyl (C=O) groups excluding carboxylic acids is 4. The molecule has 19 heteroatoms. The molecule has 17 nitrogen and oxygen atoms in total. The van der Waals surface area contributed by atoms with E-state index < -0.39 is 97.5 Å². The Hall–Kier alpha value is -1.94. The van der Waals surface area contributed by atoms with E-state index in [1.165, 1.54) is 244 Å². The van der Waals surface area contributed by atoms with Crippen LogP contribution in [-0.4, -0.2) is 96.7 Å². The molecule has 0 aromatic rings. The second-order valence-electron chi connectivity index (χ2n) is 32.8. The number of unbranched alkanes of at least 4 members (excludes halogenated alkanes) is 49. The normalized spacial score (nSPS) is 13.9. The zero-order valence-corrected chi connectivity index (χ0v) is 71.2. The van der Waals surface area contributed by atoms with E-state index in [9.17, 15) is 43.2 Å². The van der Waals surface area contributed by atoms with E-state index in [0.29, 0.717) is 31.6 Å². The zero-order valence-electron chi connectivity index (χ0n) is 69.4. The molecule has 3 N–H and O–H groups in total. The second kappa shape index (κ2) is 74.8. The SMILES string of the molecule is CC(C)CCCCCCCCCCCCCCCCCCC(=O)OC[C@H](COP(=O)(O)OCC(O)COP(=O)(O)OC[C@@H](COC(=O)CCCCCCCCC(C)C)OC(=O)CCCCCCCCCCCCCCCCCC(C)C)OC(=O)CCCCCCCCCCCCCCCCCCC(C)C. The molecule has 3 unspecified atom stereocenters. The van der Waals surface area contributed by atoms with Crippen LogP contribution in [0.4, 0.5) is 0 Å². The Morgan fingerprint density at radius 3 is 0.590 bits per heavy atom. The lowest BCUT2D eigenvalue weighted by Crippen LogP contribution is -2.30. The fourth-order valence-electron chi connectivity index (χ4n) is 13.3. The van der Waals surface area contributed by atoms with Gasteiger partial charge < -0.3 is 33.8 Å². The fourth-order valence-corrected chi connectivity index (χ4v) is 14.9. The summed E-state index contributed by atoms with van der Waals surface area (Å²) in [6, 6.07) is 0. The molecule has 0 heterocycles. The predicted molar refractivity (Wildman–Crippen MR) is 432 cm³/mol. The molecule has 624 valence electrons. The van der Waals surface area contributed by atoms with Gasteiger partial charge in [-0.05, 0) is 49.4 Å². The van der Waals surface area contributed by atoms with Crippen LogP contribution >= 0.6 is 15.6 Å². The second-order valence-corrected chi connectivity index (χ2v) is 35.7. The predicted octanol–water partition coefficient (Wildman–Crippen LogP) is 25.9. The molecule has 0 saturated heterocycles. The van der Waals surface area contributed by atoms with Crippen molar-refractivity contribution in [3.63, 3.8) is 0 Å². The van der Waals surface area contributed by atoms with Gasteiger partial charge >= 0.3 is 39.5 Å². The molecule has 105 heavy (non-hydrogen) atoms. The first-order chi connectivity index (χ1) is 50.6. The number of rotatable bonds is 83. The van der Waals surface area contributed by atoms with Crippen molar-refractivity contribution in [2.75, 3.05) is 39.6 Å². The van der Waals surface area contributed by atoms with Crippen molar-refractivity contribution in [3.05, 3.63) is 0 Å². The van der Waals surface area contributed by atoms with Gasteiger partial charge in [-0.25, -0.2) is 9.13 Å². The van der Waals surface area contributed by atoms with Gasteiger partial charge in [-0.2, -0.15) is 0 Å². The quantitative estimate of drug-likeness (QED) is 0.0222. The van der Waals surface area contributed by atoms with E-state index in [0.717, 1.165) is 114 Å². The summed E-state index contributed by atoms with van der Waals surface area (Å²) in [6.07, 6.45) is 64.1. The minimum Gasteiger partial charge on any atom is -0.462 e. The highest BCUT2D eigenvalue weighted by Crippen LogP contribution is 2.45. The lowest BCUT2D eigenvalue weighted by molar-refractivity contribution is -0.161. The number of carbonyl (C=O) groups is 4. The largest absolute Gasteiger partial charge is 0.472 e. The van der Waals surface area contributed by atoms with Crippen LogP contribution in [0, 0.1) is 23.7 Å². The maximum absolute atomic E-state index is 13.1. The van der Waals surface area contributed by atoms with Crippen LogP contribution in [0.5, 0.6) is 0 Å². The van der Waals surface area contributed by atoms with Gasteiger partial charge in [0, 0.05) is 25.7 Å². The molecule has 0 radical (unpaired) electrons. The van der Waals surface area contributed by atoms with Crippen LogP contribution in [0.3, 0.4) is 0 Å². The van der Waals surface area contributed by atoms with Gasteiger partial charge in [0.2, 0.25) is 0 Å². The van der Waals surface area contributed by atoms with Gasteiger partial charge in [0.1, 0.15) is 19.3 Å². The van der Waals surface area contributed by atoms with E-state index in [4.69, 9.17) is 37.0 Å². The molecule has 0 fully saturated rings. The summed E-state index contributed by atoms with van der Waals surface area (Å²) < 4.78 is 68.9. The molecular weight excluding hydrogens is 1370 g/mol. The third-order valence-corrected chi connectivity index (χ3v) is 22.0. The van der Waals surface area contributed by atoms with Crippen LogP contribution in [0.1, 0.15) is 447 Å². The van der Waals surface area contributed by atoms with Crippen LogP contribution in [0.25, 0.3) is 0 Å². The Kier molecular flexibility index (Phi) is 73.4. The molecule has 0 aliphatic heterocycles. The molecule has 0 saturated carbocycles. The highest BCUT2D eigenvalue weighted by atomic mass is 31.2. The first-order valence-corrected chi connectivity index (χ1v) is 47.2. The average Bonchev–Trinajstić information content (AvgIpc) is 0.914. The summed E-state index contributed by atoms with van der Waals surface area (Å²) in [6.45, 7) is 14.3. The molecule has 0 amide bonds. The molecule has 0 spiro atoms. The maximum Gasteiger partial charge on any atom is 0.472 e. The number of hydrogen-bond donors (Lipinski definition) is 3. The monoisotopic (exact) mass is 1540 g/mol. The number of hydrogen-bond acceptors (Lipinski definition) is 15. The third kappa shape index (κ3) is 79.9. The van der Waals surface area contributed by atoms with Gasteiger partial charge in [-0.1, -0.05) is 396 Å². The average molecular weight is 1540 g/mol. The Bertz CT molecular complexity index is 2040. The molecule has 0 aliphatic rings. The molecule has 0 aliphatic carbocycles. The smallest absolute Gasteiger partial charge is 0.462 e. The van der Waals surface area contributed by atoms with Gasteiger partial charge in [0.15, 0.2) is 12.2 Å². The lowest BCUT2D eigenvalue weighted by Gasteiger charge is -2.21. The number of aliphatic hydroxyl groups excluding tert-OH is 1. The molecule has 0 aromatic carbocycles. The summed E-state index contributed by atoms with van der Waals surface area (Å²) in [4.78, 5) is 73.2. The van der Waals surface area contributed by atoms with Crippen molar-refractivity contribution in [2.24, 2.45) is 23.7 Å². The Labute approximate surface area is 645 Å². The van der Waals surface area contributed by atoms with Crippen LogP contribution < -0.4 is 0 Å². The van der Waals surface area contributed by atoms with E-state index in [1.54, 1.807) is 0 Å². The van der Waals surface area contributed by atoms with E-state index >= 15 is 0 Å². The van der Waals surface area contributed by atoms with Gasteiger partial charge in [0.25, 0.3) is 0 Å². The topological polar surface area (TPSA) is 237 Å². The summed E-state index contributed by atoms with van der Waals surface area (Å²) in [5.41, 5.74) is 0. The summed E-state index contributed by atoms with van der Waals surface area (Å²) >= 11 is 0. The van der Waals surface area contributed by atoms with E-state index in [1.807, 2.05) is 0 Å². The first-order valence-electron chi connectivity index (χ1n) is 44.2. The Morgan fingerprint density at radius 2 is 0.400 bits per heavy atom. The Morgan fingerprint density at radius 1 is 0.238 bits per heavy atom. The molecule has 5 atom stereocenters. The van der Waals surface area contributed by atoms with Crippen LogP contribution in [0.2, 0.25) is 0 Å². The lowest BCUT2D eigenvalue weighted by atomic mass is 10.0. The fraction of sp³-hybridized carbons (Fsp3) is 0.953. The zero-order chi connectivity index (χ0) is 77.4. The van der Waals surface area contributed by atoms with Crippen LogP contribution in [-0.2, 0) is 65.4 Å². The molecular formula is C86H168O17P2. The van der Waals surface area contributed by atoms with E-state index in [-0.39, 0.29) is 25.7 Å². The van der Waals surface area contributed by atoms with Gasteiger partial charge in [0.05, 0.1) is 26.4 Å². The van der Waals surface area contributed by atoms with E-state index in [2.05, 4.69) is 55.4 Å². The number of esters is 4.